The highest BCUT2D eigenvalue weighted by Crippen LogP contribution is 2.26. The zero-order chi connectivity index (χ0) is 28.5. The minimum atomic E-state index is -0.984. The zero-order valence-electron chi connectivity index (χ0n) is 22.9. The van der Waals surface area contributed by atoms with E-state index in [-0.39, 0.29) is 23.8 Å². The number of halogens is 3. The molecule has 2 unspecified atom stereocenters. The number of nitrogens with two attached hydrogens (primary N) is 1. The molecular weight excluding hydrogens is 522 g/mol. The van der Waals surface area contributed by atoms with Gasteiger partial charge in [0.15, 0.2) is 0 Å². The van der Waals surface area contributed by atoms with Crippen LogP contribution in [-0.2, 0) is 27.2 Å². The molecule has 0 spiro atoms. The van der Waals surface area contributed by atoms with Crippen molar-refractivity contribution in [2.45, 2.75) is 35.4 Å². The normalized spacial score (nSPS) is 13.4. The topological polar surface area (TPSA) is 84.7 Å². The first-order valence-electron chi connectivity index (χ1n) is 12.8. The molecule has 0 fully saturated rings. The predicted molar refractivity (Wildman–Crippen MR) is 168 cm³/mol. The van der Waals surface area contributed by atoms with Crippen molar-refractivity contribution in [1.29, 1.82) is 0 Å². The average Bonchev–Trinajstić information content (AvgIpc) is 2.84. The Hall–Kier alpha value is -2.03. The standard InChI is InChI=1S/C24H35B5Cl2FN3O3/c25-23(26,27)24(28,29)38-22(37)20(14-16-1-5-17(32)6-2-16)34-21(36)19(33)13-15-3-7-18(8-4-15)35(11-9-30)12-10-31/h1-8,19-20H,9-14,25-29,33H2,(H,34,36). The van der Waals surface area contributed by atoms with Crippen LogP contribution in [0.2, 0.25) is 5.11 Å². The number of ether oxygens (including phenoxy) is 1. The van der Waals surface area contributed by atoms with Crippen LogP contribution in [0.15, 0.2) is 48.5 Å². The molecule has 2 rings (SSSR count). The highest BCUT2D eigenvalue weighted by Gasteiger charge is 2.38. The number of carbonyl (C=O) groups is 2. The summed E-state index contributed by atoms with van der Waals surface area (Å²) in [6, 6.07) is 11.6. The first-order valence-corrected chi connectivity index (χ1v) is 13.8. The van der Waals surface area contributed by atoms with Gasteiger partial charge in [-0.1, -0.05) is 29.4 Å². The maximum absolute atomic E-state index is 13.4. The largest absolute Gasteiger partial charge is 0.478 e. The van der Waals surface area contributed by atoms with E-state index >= 15 is 0 Å². The zero-order valence-corrected chi connectivity index (χ0v) is 24.4. The van der Waals surface area contributed by atoms with Crippen LogP contribution in [0.4, 0.5) is 10.1 Å². The third-order valence-corrected chi connectivity index (χ3v) is 7.26. The van der Waals surface area contributed by atoms with Crippen molar-refractivity contribution >= 4 is 80.0 Å². The summed E-state index contributed by atoms with van der Waals surface area (Å²) in [5, 5.41) is 1.64. The Bertz CT molecular complexity index is 1050. The van der Waals surface area contributed by atoms with Crippen molar-refractivity contribution in [3.8, 4) is 0 Å². The Labute approximate surface area is 239 Å². The van der Waals surface area contributed by atoms with Gasteiger partial charge in [0.2, 0.25) is 5.91 Å². The van der Waals surface area contributed by atoms with E-state index in [0.717, 1.165) is 11.3 Å². The van der Waals surface area contributed by atoms with Crippen molar-refractivity contribution in [3.63, 3.8) is 0 Å². The summed E-state index contributed by atoms with van der Waals surface area (Å²) in [4.78, 5) is 28.4. The Kier molecular flexibility index (Phi) is 12.2. The summed E-state index contributed by atoms with van der Waals surface area (Å²) in [6.45, 7) is 1.35. The van der Waals surface area contributed by atoms with Gasteiger partial charge in [0.1, 0.15) is 27.6 Å². The van der Waals surface area contributed by atoms with E-state index in [1.807, 2.05) is 63.5 Å². The number of carbonyl (C=O) groups excluding carboxylic acids is 2. The van der Waals surface area contributed by atoms with Gasteiger partial charge in [0.05, 0.1) is 29.6 Å². The molecule has 0 aliphatic rings. The third kappa shape index (κ3) is 9.62. The van der Waals surface area contributed by atoms with E-state index in [9.17, 15) is 14.0 Å². The fraction of sp³-hybridized carbons (Fsp3) is 0.417. The minimum Gasteiger partial charge on any atom is -0.478 e. The maximum atomic E-state index is 13.4. The molecule has 0 saturated carbocycles. The summed E-state index contributed by atoms with van der Waals surface area (Å²) in [5.41, 5.74) is 8.78. The van der Waals surface area contributed by atoms with Gasteiger partial charge in [-0.25, -0.2) is 9.18 Å². The van der Waals surface area contributed by atoms with Gasteiger partial charge < -0.3 is 20.7 Å². The van der Waals surface area contributed by atoms with Gasteiger partial charge in [0.25, 0.3) is 0 Å². The molecule has 0 radical (unpaired) electrons. The van der Waals surface area contributed by atoms with Gasteiger partial charge in [-0.15, -0.1) is 23.2 Å². The first kappa shape index (κ1) is 32.2. The highest BCUT2D eigenvalue weighted by molar-refractivity contribution is 6.67. The molecule has 0 saturated heterocycles. The lowest BCUT2D eigenvalue weighted by Crippen LogP contribution is -2.55. The van der Waals surface area contributed by atoms with Gasteiger partial charge in [-0.2, -0.15) is 0 Å². The minimum absolute atomic E-state index is 0.142. The Morgan fingerprint density at radius 3 is 1.92 bits per heavy atom. The van der Waals surface area contributed by atoms with E-state index in [4.69, 9.17) is 33.7 Å². The number of nitrogens with zero attached hydrogens (tertiary/aromatic N) is 1. The lowest BCUT2D eigenvalue weighted by atomic mass is 9.28. The first-order chi connectivity index (χ1) is 17.8. The highest BCUT2D eigenvalue weighted by atomic mass is 35.5. The second kappa shape index (κ2) is 14.4. The number of anilines is 1. The van der Waals surface area contributed by atoms with E-state index < -0.39 is 29.4 Å². The number of nitrogens with one attached hydrogen (secondary N) is 1. The quantitative estimate of drug-likeness (QED) is 0.162. The molecular formula is C24H35B5Cl2FN3O3. The Morgan fingerprint density at radius 1 is 0.921 bits per heavy atom. The van der Waals surface area contributed by atoms with Crippen LogP contribution in [0, 0.1) is 5.82 Å². The maximum Gasteiger partial charge on any atom is 0.327 e. The molecule has 2 aromatic carbocycles. The average molecular weight is 558 g/mol. The van der Waals surface area contributed by atoms with Crippen LogP contribution in [0.25, 0.3) is 0 Å². The van der Waals surface area contributed by atoms with Crippen molar-refractivity contribution in [3.05, 3.63) is 65.5 Å². The van der Waals surface area contributed by atoms with Gasteiger partial charge in [-0.3, -0.25) is 4.79 Å². The fourth-order valence-electron chi connectivity index (χ4n) is 3.57. The molecule has 0 aliphatic carbocycles. The lowest BCUT2D eigenvalue weighted by molar-refractivity contribution is -0.151. The van der Waals surface area contributed by atoms with E-state index in [0.29, 0.717) is 30.4 Å². The smallest absolute Gasteiger partial charge is 0.327 e. The molecule has 200 valence electrons. The van der Waals surface area contributed by atoms with Gasteiger partial charge in [0, 0.05) is 42.4 Å². The lowest BCUT2D eigenvalue weighted by Gasteiger charge is -2.40. The predicted octanol–water partition coefficient (Wildman–Crippen LogP) is -1.86. The molecule has 6 nitrogen and oxygen atoms in total. The fourth-order valence-corrected chi connectivity index (χ4v) is 3.98. The number of rotatable bonds is 14. The van der Waals surface area contributed by atoms with Gasteiger partial charge in [-0.05, 0) is 41.8 Å². The van der Waals surface area contributed by atoms with Crippen molar-refractivity contribution in [1.82, 2.24) is 5.32 Å². The van der Waals surface area contributed by atoms with Crippen molar-refractivity contribution in [2.75, 3.05) is 29.7 Å². The van der Waals surface area contributed by atoms with Crippen LogP contribution in [0.3, 0.4) is 0 Å². The summed E-state index contributed by atoms with van der Waals surface area (Å²) in [7, 11) is 9.58. The molecule has 0 aliphatic heterocycles. The number of hydrogen-bond acceptors (Lipinski definition) is 5. The van der Waals surface area contributed by atoms with Crippen molar-refractivity contribution < 1.29 is 18.7 Å². The molecule has 14 heteroatoms. The van der Waals surface area contributed by atoms with Crippen LogP contribution >= 0.6 is 23.2 Å². The van der Waals surface area contributed by atoms with Crippen LogP contribution in [0.5, 0.6) is 0 Å². The number of amides is 1. The summed E-state index contributed by atoms with van der Waals surface area (Å²) in [6.07, 6.45) is 0.423. The van der Waals surface area contributed by atoms with Crippen LogP contribution in [-0.4, -0.2) is 93.4 Å². The molecule has 0 aromatic heterocycles. The monoisotopic (exact) mass is 557 g/mol. The summed E-state index contributed by atoms with van der Waals surface area (Å²) >= 11 is 11.8. The van der Waals surface area contributed by atoms with Crippen LogP contribution < -0.4 is 16.0 Å². The number of esters is 1. The van der Waals surface area contributed by atoms with E-state index in [1.165, 1.54) is 12.1 Å². The number of hydrogen-bond donors (Lipinski definition) is 2. The van der Waals surface area contributed by atoms with Gasteiger partial charge >= 0.3 is 5.97 Å². The Morgan fingerprint density at radius 2 is 1.42 bits per heavy atom. The molecule has 1 amide bonds. The van der Waals surface area contributed by atoms with E-state index in [2.05, 4.69) is 10.2 Å². The van der Waals surface area contributed by atoms with Crippen molar-refractivity contribution in [2.24, 2.45) is 5.73 Å². The number of alkyl halides is 2. The molecule has 0 heterocycles. The van der Waals surface area contributed by atoms with E-state index in [1.54, 1.807) is 12.1 Å². The summed E-state index contributed by atoms with van der Waals surface area (Å²) in [5.74, 6) is -0.460. The SMILES string of the molecule is BC(B)(B)C(B)(B)OC(=O)C(Cc1ccc(F)cc1)NC(=O)C(N)Cc1ccc(N(CCCl)CCCl)cc1. The second-order valence-corrected chi connectivity index (χ2v) is 11.7. The Balaban J connectivity index is 2.14. The molecule has 38 heavy (non-hydrogen) atoms. The molecule has 0 bridgehead atoms. The summed E-state index contributed by atoms with van der Waals surface area (Å²) < 4.78 is 19.3. The second-order valence-electron chi connectivity index (χ2n) is 10.9. The molecule has 2 atom stereocenters. The van der Waals surface area contributed by atoms with Crippen LogP contribution in [0.1, 0.15) is 11.1 Å². The number of benzene rings is 2. The molecule has 2 aromatic rings. The third-order valence-electron chi connectivity index (χ3n) is 6.92. The molecule has 3 N–H and O–H groups in total.